The minimum absolute atomic E-state index is 0.308. The van der Waals surface area contributed by atoms with Crippen molar-refractivity contribution in [2.75, 3.05) is 4.90 Å². The molecule has 0 radical (unpaired) electrons. The second-order valence-corrected chi connectivity index (χ2v) is 14.8. The van der Waals surface area contributed by atoms with Crippen LogP contribution in [0.2, 0.25) is 0 Å². The maximum Gasteiger partial charge on any atom is 0.0462 e. The number of anilines is 3. The highest BCUT2D eigenvalue weighted by Crippen LogP contribution is 2.51. The molecule has 2 aliphatic rings. The summed E-state index contributed by atoms with van der Waals surface area (Å²) in [6.45, 7) is 4.99. The summed E-state index contributed by atoms with van der Waals surface area (Å²) in [7, 11) is 0. The summed E-state index contributed by atoms with van der Waals surface area (Å²) in [6, 6.07) is 57.7. The number of fused-ring (bicyclic) bond motifs is 2. The molecule has 6 aromatic rings. The van der Waals surface area contributed by atoms with Crippen LogP contribution in [0.4, 0.5) is 17.1 Å². The van der Waals surface area contributed by atoms with E-state index in [-0.39, 0.29) is 0 Å². The molecule has 2 bridgehead atoms. The van der Waals surface area contributed by atoms with Crippen LogP contribution in [0.15, 0.2) is 158 Å². The first kappa shape index (κ1) is 30.5. The van der Waals surface area contributed by atoms with Crippen LogP contribution in [0.5, 0.6) is 0 Å². The van der Waals surface area contributed by atoms with E-state index < -0.39 is 0 Å². The first-order chi connectivity index (χ1) is 23.5. The van der Waals surface area contributed by atoms with Gasteiger partial charge in [-0.3, -0.25) is 0 Å². The van der Waals surface area contributed by atoms with Gasteiger partial charge in [0.2, 0.25) is 0 Å². The third-order valence-electron chi connectivity index (χ3n) is 11.1. The van der Waals surface area contributed by atoms with Crippen molar-refractivity contribution in [3.05, 3.63) is 163 Å². The lowest BCUT2D eigenvalue weighted by atomic mass is 9.57. The predicted molar refractivity (Wildman–Crippen MR) is 204 cm³/mol. The fourth-order valence-corrected chi connectivity index (χ4v) is 9.01. The topological polar surface area (TPSA) is 3.24 Å². The third kappa shape index (κ3) is 6.22. The Balaban J connectivity index is 1.08. The molecular formula is C47H45N. The molecule has 0 amide bonds. The van der Waals surface area contributed by atoms with Crippen LogP contribution < -0.4 is 4.90 Å². The number of hydrogen-bond donors (Lipinski definition) is 0. The minimum Gasteiger partial charge on any atom is -0.311 e. The molecule has 238 valence electrons. The highest BCUT2D eigenvalue weighted by Gasteiger charge is 2.41. The smallest absolute Gasteiger partial charge is 0.0462 e. The van der Waals surface area contributed by atoms with Crippen LogP contribution >= 0.6 is 0 Å². The second-order valence-electron chi connectivity index (χ2n) is 14.8. The van der Waals surface area contributed by atoms with E-state index >= 15 is 0 Å². The molecule has 0 heterocycles. The Morgan fingerprint density at radius 3 is 1.12 bits per heavy atom. The summed E-state index contributed by atoms with van der Waals surface area (Å²) in [5, 5.41) is 0. The molecule has 0 N–H and O–H groups in total. The van der Waals surface area contributed by atoms with E-state index in [2.05, 4.69) is 176 Å². The number of hydrogen-bond acceptors (Lipinski definition) is 1. The van der Waals surface area contributed by atoms with E-state index in [0.717, 1.165) is 34.8 Å². The molecular weight excluding hydrogens is 579 g/mol. The van der Waals surface area contributed by atoms with Crippen LogP contribution in [0.25, 0.3) is 33.4 Å². The average Bonchev–Trinajstić information content (AvgIpc) is 3.13. The zero-order chi connectivity index (χ0) is 32.5. The van der Waals surface area contributed by atoms with Gasteiger partial charge in [0.1, 0.15) is 0 Å². The van der Waals surface area contributed by atoms with Gasteiger partial charge in [-0.05, 0) is 131 Å². The van der Waals surface area contributed by atoms with Gasteiger partial charge in [-0.1, -0.05) is 135 Å². The van der Waals surface area contributed by atoms with E-state index in [4.69, 9.17) is 0 Å². The fraction of sp³-hybridized carbons (Fsp3) is 0.234. The highest BCUT2D eigenvalue weighted by molar-refractivity contribution is 5.81. The van der Waals surface area contributed by atoms with Crippen molar-refractivity contribution in [1.82, 2.24) is 0 Å². The van der Waals surface area contributed by atoms with Crippen LogP contribution in [0.3, 0.4) is 0 Å². The minimum atomic E-state index is 0.308. The van der Waals surface area contributed by atoms with Gasteiger partial charge in [0.25, 0.3) is 0 Å². The molecule has 0 saturated heterocycles. The predicted octanol–water partition coefficient (Wildman–Crippen LogP) is 13.3. The van der Waals surface area contributed by atoms with Gasteiger partial charge in [0.15, 0.2) is 0 Å². The lowest BCUT2D eigenvalue weighted by molar-refractivity contribution is 0.0899. The van der Waals surface area contributed by atoms with E-state index in [1.807, 2.05) is 0 Å². The third-order valence-corrected chi connectivity index (χ3v) is 11.1. The molecule has 1 heteroatoms. The second kappa shape index (κ2) is 13.0. The molecule has 1 nitrogen and oxygen atoms in total. The largest absolute Gasteiger partial charge is 0.311 e. The maximum absolute atomic E-state index is 2.53. The Labute approximate surface area is 286 Å². The Hall–Kier alpha value is -4.88. The quantitative estimate of drug-likeness (QED) is 0.171. The van der Waals surface area contributed by atoms with Gasteiger partial charge in [-0.25, -0.2) is 0 Å². The first-order valence-electron chi connectivity index (χ1n) is 17.8. The standard InChI is InChI=1S/C47H45N/c1-34-29-35-31-36(30-34)33-47(2,32-35)43-21-13-39(14-22-43)42-19-27-46(28-20-42)48(44-23-15-40(16-24-44)37-9-5-3-6-10-37)45-25-17-41(18-26-45)38-11-7-4-8-12-38/h3-28,34-36H,29-33H2,1-2H3. The normalized spacial score (nSPS) is 21.8. The molecule has 48 heavy (non-hydrogen) atoms. The number of rotatable bonds is 7. The van der Waals surface area contributed by atoms with Gasteiger partial charge in [-0.15, -0.1) is 0 Å². The van der Waals surface area contributed by atoms with Crippen molar-refractivity contribution in [1.29, 1.82) is 0 Å². The summed E-state index contributed by atoms with van der Waals surface area (Å²) in [4.78, 5) is 2.36. The molecule has 0 spiro atoms. The van der Waals surface area contributed by atoms with Crippen LogP contribution in [-0.2, 0) is 5.41 Å². The summed E-state index contributed by atoms with van der Waals surface area (Å²) in [6.07, 6.45) is 6.98. The Bertz CT molecular complexity index is 1840. The average molecular weight is 624 g/mol. The highest BCUT2D eigenvalue weighted by atomic mass is 15.1. The summed E-state index contributed by atoms with van der Waals surface area (Å²) in [5.41, 5.74) is 12.7. The number of benzene rings is 6. The van der Waals surface area contributed by atoms with Gasteiger partial charge < -0.3 is 4.90 Å². The molecule has 0 aromatic heterocycles. The molecule has 2 unspecified atom stereocenters. The van der Waals surface area contributed by atoms with E-state index in [9.17, 15) is 0 Å². The summed E-state index contributed by atoms with van der Waals surface area (Å²) >= 11 is 0. The van der Waals surface area contributed by atoms with Crippen molar-refractivity contribution in [2.24, 2.45) is 17.8 Å². The molecule has 8 rings (SSSR count). The van der Waals surface area contributed by atoms with E-state index in [1.165, 1.54) is 71.0 Å². The van der Waals surface area contributed by atoms with Gasteiger partial charge >= 0.3 is 0 Å². The summed E-state index contributed by atoms with van der Waals surface area (Å²) < 4.78 is 0. The lowest BCUT2D eigenvalue weighted by Crippen LogP contribution is -2.38. The van der Waals surface area contributed by atoms with Crippen LogP contribution in [-0.4, -0.2) is 0 Å². The molecule has 6 aromatic carbocycles. The zero-order valence-electron chi connectivity index (χ0n) is 28.2. The van der Waals surface area contributed by atoms with Gasteiger partial charge in [0.05, 0.1) is 0 Å². The van der Waals surface area contributed by atoms with Gasteiger partial charge in [-0.2, -0.15) is 0 Å². The van der Waals surface area contributed by atoms with E-state index in [0.29, 0.717) is 5.41 Å². The van der Waals surface area contributed by atoms with E-state index in [1.54, 1.807) is 0 Å². The van der Waals surface area contributed by atoms with Crippen molar-refractivity contribution >= 4 is 17.1 Å². The molecule has 2 saturated carbocycles. The number of nitrogens with zero attached hydrogens (tertiary/aromatic N) is 1. The van der Waals surface area contributed by atoms with Crippen LogP contribution in [0, 0.1) is 17.8 Å². The molecule has 0 aliphatic heterocycles. The Morgan fingerprint density at radius 2 is 0.750 bits per heavy atom. The first-order valence-corrected chi connectivity index (χ1v) is 17.8. The zero-order valence-corrected chi connectivity index (χ0v) is 28.2. The van der Waals surface area contributed by atoms with Crippen molar-refractivity contribution in [3.63, 3.8) is 0 Å². The molecule has 2 atom stereocenters. The molecule has 2 aliphatic carbocycles. The van der Waals surface area contributed by atoms with Crippen LogP contribution in [0.1, 0.15) is 51.5 Å². The molecule has 2 fully saturated rings. The fourth-order valence-electron chi connectivity index (χ4n) is 9.01. The SMILES string of the molecule is CC1CC2CC(C1)CC(C)(c1ccc(-c3ccc(N(c4ccc(-c5ccccc5)cc4)c4ccc(-c5ccccc5)cc4)cc3)cc1)C2. The summed E-state index contributed by atoms with van der Waals surface area (Å²) in [5.74, 6) is 2.70. The maximum atomic E-state index is 2.53. The van der Waals surface area contributed by atoms with Crippen molar-refractivity contribution < 1.29 is 0 Å². The monoisotopic (exact) mass is 623 g/mol. The Kier molecular flexibility index (Phi) is 8.22. The lowest BCUT2D eigenvalue weighted by Gasteiger charge is -2.47. The van der Waals surface area contributed by atoms with Crippen molar-refractivity contribution in [2.45, 2.75) is 51.4 Å². The van der Waals surface area contributed by atoms with Crippen molar-refractivity contribution in [3.8, 4) is 33.4 Å². The Morgan fingerprint density at radius 1 is 0.417 bits per heavy atom. The van der Waals surface area contributed by atoms with Gasteiger partial charge in [0, 0.05) is 17.1 Å².